The van der Waals surface area contributed by atoms with Gasteiger partial charge < -0.3 is 15.4 Å². The van der Waals surface area contributed by atoms with Crippen LogP contribution in [0.2, 0.25) is 0 Å². The van der Waals surface area contributed by atoms with Gasteiger partial charge in [-0.1, -0.05) is 77.5 Å². The van der Waals surface area contributed by atoms with Gasteiger partial charge in [-0.25, -0.2) is 9.36 Å². The Bertz CT molecular complexity index is 1170. The van der Waals surface area contributed by atoms with Gasteiger partial charge in [0.25, 0.3) is 0 Å². The third-order valence-corrected chi connectivity index (χ3v) is 10.9. The molecule has 0 radical (unpaired) electrons. The van der Waals surface area contributed by atoms with Crippen LogP contribution in [0.4, 0.5) is 0 Å². The standard InChI is InChI=1S/C33H52NO6P/c1-6-8-10-12-19-38-41(36,37)40-32(16-13-17-32)30(35)39-28-22-25(14-11-9-7-2)21-26-23-31(4,5)33(34)18-15-24(3)20-27(33)29(26)28/h15,21-22,27H,6-14,16-20,23,34H2,1-5H3,(H,36,37). The van der Waals surface area contributed by atoms with Crippen LogP contribution in [0.5, 0.6) is 5.75 Å². The molecule has 3 unspecified atom stereocenters. The highest BCUT2D eigenvalue weighted by atomic mass is 31.2. The average Bonchev–Trinajstić information content (AvgIpc) is 2.87. The normalized spacial score (nSPS) is 25.7. The van der Waals surface area contributed by atoms with E-state index in [1.807, 2.05) is 6.07 Å². The minimum absolute atomic E-state index is 0.00685. The van der Waals surface area contributed by atoms with Crippen LogP contribution in [0.25, 0.3) is 0 Å². The maximum atomic E-state index is 13.8. The number of benzene rings is 1. The summed E-state index contributed by atoms with van der Waals surface area (Å²) in [7, 11) is -4.43. The van der Waals surface area contributed by atoms with E-state index in [1.54, 1.807) is 0 Å². The molecule has 1 aromatic carbocycles. The number of esters is 1. The number of allylic oxidation sites excluding steroid dienone is 1. The first-order valence-corrected chi connectivity index (χ1v) is 17.4. The number of phosphoric ester groups is 1. The van der Waals surface area contributed by atoms with Crippen LogP contribution in [-0.4, -0.2) is 28.6 Å². The molecule has 0 aromatic heterocycles. The molecule has 0 bridgehead atoms. The maximum Gasteiger partial charge on any atom is 0.473 e. The molecule has 3 aliphatic carbocycles. The molecule has 0 amide bonds. The number of nitrogens with two attached hydrogens (primary N) is 1. The van der Waals surface area contributed by atoms with Crippen molar-refractivity contribution in [1.29, 1.82) is 0 Å². The summed E-state index contributed by atoms with van der Waals surface area (Å²) in [5, 5.41) is 0. The van der Waals surface area contributed by atoms with E-state index in [1.165, 1.54) is 11.1 Å². The number of carbonyl (C=O) groups excluding carboxylic acids is 1. The van der Waals surface area contributed by atoms with Crippen LogP contribution in [0.15, 0.2) is 23.8 Å². The number of fused-ring (bicyclic) bond motifs is 3. The number of hydrogen-bond donors (Lipinski definition) is 2. The van der Waals surface area contributed by atoms with Crippen LogP contribution < -0.4 is 10.5 Å². The fourth-order valence-corrected chi connectivity index (χ4v) is 8.01. The summed E-state index contributed by atoms with van der Waals surface area (Å²) in [4.78, 5) is 24.3. The van der Waals surface area contributed by atoms with Crippen LogP contribution in [0, 0.1) is 5.41 Å². The fraction of sp³-hybridized carbons (Fsp3) is 0.727. The predicted octanol–water partition coefficient (Wildman–Crippen LogP) is 8.06. The number of rotatable bonds is 14. The minimum Gasteiger partial charge on any atom is -0.424 e. The Morgan fingerprint density at radius 3 is 2.46 bits per heavy atom. The zero-order chi connectivity index (χ0) is 29.9. The number of aryl methyl sites for hydroxylation is 1. The second kappa shape index (κ2) is 13.0. The molecule has 0 spiro atoms. The van der Waals surface area contributed by atoms with Gasteiger partial charge >= 0.3 is 13.8 Å². The maximum absolute atomic E-state index is 13.8. The molecular weight excluding hydrogens is 537 g/mol. The van der Waals surface area contributed by atoms with Crippen LogP contribution in [0.3, 0.4) is 0 Å². The lowest BCUT2D eigenvalue weighted by Crippen LogP contribution is -2.61. The first-order chi connectivity index (χ1) is 19.4. The Labute approximate surface area is 247 Å². The molecule has 3 aliphatic rings. The summed E-state index contributed by atoms with van der Waals surface area (Å²) < 4.78 is 30.0. The van der Waals surface area contributed by atoms with Crippen molar-refractivity contribution in [3.63, 3.8) is 0 Å². The summed E-state index contributed by atoms with van der Waals surface area (Å²) in [5.74, 6) is -0.0735. The van der Waals surface area contributed by atoms with E-state index < -0.39 is 24.9 Å². The van der Waals surface area contributed by atoms with Crippen molar-refractivity contribution in [3.05, 3.63) is 40.5 Å². The average molecular weight is 590 g/mol. The zero-order valence-electron chi connectivity index (χ0n) is 25.9. The van der Waals surface area contributed by atoms with Gasteiger partial charge in [0.1, 0.15) is 5.75 Å². The van der Waals surface area contributed by atoms with Crippen molar-refractivity contribution in [1.82, 2.24) is 0 Å². The Hall–Kier alpha value is -1.50. The molecule has 41 heavy (non-hydrogen) atoms. The van der Waals surface area contributed by atoms with Crippen molar-refractivity contribution in [3.8, 4) is 5.75 Å². The molecule has 0 heterocycles. The van der Waals surface area contributed by atoms with Crippen LogP contribution in [-0.2, 0) is 31.2 Å². The van der Waals surface area contributed by atoms with Gasteiger partial charge in [-0.3, -0.25) is 9.05 Å². The Balaban J connectivity index is 1.63. The van der Waals surface area contributed by atoms with Crippen molar-refractivity contribution < 1.29 is 28.0 Å². The van der Waals surface area contributed by atoms with Gasteiger partial charge in [0.05, 0.1) is 6.61 Å². The van der Waals surface area contributed by atoms with E-state index in [0.717, 1.165) is 75.3 Å². The van der Waals surface area contributed by atoms with Gasteiger partial charge in [-0.15, -0.1) is 0 Å². The molecule has 3 N–H and O–H groups in total. The predicted molar refractivity (Wildman–Crippen MR) is 163 cm³/mol. The van der Waals surface area contributed by atoms with E-state index in [9.17, 15) is 14.3 Å². The Morgan fingerprint density at radius 2 is 1.80 bits per heavy atom. The lowest BCUT2D eigenvalue weighted by molar-refractivity contribution is -0.163. The molecule has 7 nitrogen and oxygen atoms in total. The number of phosphoric acid groups is 1. The lowest BCUT2D eigenvalue weighted by Gasteiger charge is -2.55. The van der Waals surface area contributed by atoms with Crippen molar-refractivity contribution >= 4 is 13.8 Å². The van der Waals surface area contributed by atoms with Gasteiger partial charge in [0.2, 0.25) is 0 Å². The smallest absolute Gasteiger partial charge is 0.424 e. The number of carbonyl (C=O) groups is 1. The van der Waals surface area contributed by atoms with Gasteiger partial charge in [-0.2, -0.15) is 0 Å². The second-order valence-corrected chi connectivity index (χ2v) is 14.8. The molecule has 3 atom stereocenters. The van der Waals surface area contributed by atoms with Crippen LogP contribution in [0.1, 0.15) is 134 Å². The lowest BCUT2D eigenvalue weighted by atomic mass is 9.53. The van der Waals surface area contributed by atoms with Crippen molar-refractivity contribution in [2.45, 2.75) is 142 Å². The molecular formula is C33H52NO6P. The van der Waals surface area contributed by atoms with Crippen LogP contribution >= 0.6 is 7.82 Å². The monoisotopic (exact) mass is 589 g/mol. The topological polar surface area (TPSA) is 108 Å². The molecule has 1 fully saturated rings. The zero-order valence-corrected chi connectivity index (χ0v) is 26.8. The first-order valence-electron chi connectivity index (χ1n) is 15.9. The highest BCUT2D eigenvalue weighted by molar-refractivity contribution is 7.47. The molecule has 0 saturated heterocycles. The molecule has 8 heteroatoms. The largest absolute Gasteiger partial charge is 0.473 e. The van der Waals surface area contributed by atoms with Crippen molar-refractivity contribution in [2.24, 2.45) is 11.1 Å². The Kier molecular flexibility index (Phi) is 10.3. The number of hydrogen-bond acceptors (Lipinski definition) is 6. The summed E-state index contributed by atoms with van der Waals surface area (Å²) in [6.07, 6.45) is 13.9. The van der Waals surface area contributed by atoms with E-state index in [-0.39, 0.29) is 17.9 Å². The van der Waals surface area contributed by atoms with E-state index in [2.05, 4.69) is 46.8 Å². The van der Waals surface area contributed by atoms with Gasteiger partial charge in [0, 0.05) is 17.0 Å². The number of ether oxygens (including phenoxy) is 1. The first kappa shape index (κ1) is 32.4. The molecule has 230 valence electrons. The van der Waals surface area contributed by atoms with Gasteiger partial charge in [0.15, 0.2) is 5.60 Å². The minimum atomic E-state index is -4.43. The summed E-state index contributed by atoms with van der Waals surface area (Å²) >= 11 is 0. The van der Waals surface area contributed by atoms with Crippen molar-refractivity contribution in [2.75, 3.05) is 6.61 Å². The highest BCUT2D eigenvalue weighted by Gasteiger charge is 2.55. The summed E-state index contributed by atoms with van der Waals surface area (Å²) in [5.41, 5.74) is 9.81. The van der Waals surface area contributed by atoms with E-state index in [0.29, 0.717) is 31.4 Å². The fourth-order valence-electron chi connectivity index (χ4n) is 6.90. The van der Waals surface area contributed by atoms with Gasteiger partial charge in [-0.05, 0) is 87.3 Å². The SMILES string of the molecule is CCCCCCOP(=O)(O)OC1(C(=O)Oc2cc(CCCCC)cc3c2C2CC(C)=CCC2(N)C(C)(C)C3)CCC1. The summed E-state index contributed by atoms with van der Waals surface area (Å²) in [6.45, 7) is 11.1. The third kappa shape index (κ3) is 7.02. The molecule has 1 saturated carbocycles. The highest BCUT2D eigenvalue weighted by Crippen LogP contribution is 2.58. The quantitative estimate of drug-likeness (QED) is 0.0743. The summed E-state index contributed by atoms with van der Waals surface area (Å²) in [6, 6.07) is 4.30. The number of unbranched alkanes of at least 4 members (excludes halogenated alkanes) is 5. The Morgan fingerprint density at radius 1 is 1.10 bits per heavy atom. The van der Waals surface area contributed by atoms with E-state index in [4.69, 9.17) is 19.5 Å². The second-order valence-electron chi connectivity index (χ2n) is 13.4. The molecule has 4 rings (SSSR count). The third-order valence-electron chi connectivity index (χ3n) is 9.81. The molecule has 0 aliphatic heterocycles. The molecule has 1 aromatic rings. The van der Waals surface area contributed by atoms with E-state index >= 15 is 0 Å².